The van der Waals surface area contributed by atoms with Gasteiger partial charge in [-0.15, -0.1) is 11.8 Å². The Hall–Kier alpha value is -2.27. The van der Waals surface area contributed by atoms with E-state index in [0.29, 0.717) is 25.2 Å². The van der Waals surface area contributed by atoms with Crippen molar-refractivity contribution >= 4 is 23.6 Å². The number of hydrogen-bond donors (Lipinski definition) is 2. The van der Waals surface area contributed by atoms with E-state index in [4.69, 9.17) is 0 Å². The molecule has 0 radical (unpaired) electrons. The summed E-state index contributed by atoms with van der Waals surface area (Å²) in [5.74, 6) is 0.600. The highest BCUT2D eigenvalue weighted by molar-refractivity contribution is 7.98. The van der Waals surface area contributed by atoms with Gasteiger partial charge in [-0.2, -0.15) is 0 Å². The van der Waals surface area contributed by atoms with Crippen molar-refractivity contribution in [2.24, 2.45) is 0 Å². The van der Waals surface area contributed by atoms with Crippen molar-refractivity contribution < 1.29 is 9.59 Å². The van der Waals surface area contributed by atoms with Crippen LogP contribution in [0, 0.1) is 0 Å². The molecule has 0 unspecified atom stereocenters. The molecule has 170 valence electrons. The van der Waals surface area contributed by atoms with Gasteiger partial charge < -0.3 is 10.6 Å². The highest BCUT2D eigenvalue weighted by Crippen LogP contribution is 2.34. The maximum absolute atomic E-state index is 13.0. The molecule has 4 nitrogen and oxygen atoms in total. The van der Waals surface area contributed by atoms with E-state index in [-0.39, 0.29) is 23.4 Å². The third-order valence-corrected chi connectivity index (χ3v) is 7.85. The van der Waals surface area contributed by atoms with E-state index < -0.39 is 0 Å². The minimum Gasteiger partial charge on any atom is -0.353 e. The number of benzene rings is 2. The van der Waals surface area contributed by atoms with Crippen LogP contribution < -0.4 is 10.6 Å². The third-order valence-electron chi connectivity index (χ3n) is 7.11. The van der Waals surface area contributed by atoms with Crippen molar-refractivity contribution in [3.05, 3.63) is 65.7 Å². The van der Waals surface area contributed by atoms with Gasteiger partial charge >= 0.3 is 0 Å². The Kier molecular flexibility index (Phi) is 7.56. The molecule has 0 bridgehead atoms. The lowest BCUT2D eigenvalue weighted by Gasteiger charge is -2.33. The topological polar surface area (TPSA) is 58.2 Å². The second kappa shape index (κ2) is 10.6. The standard InChI is InChI=1S/C27H34N2O2S/c1-32-22-13-11-20(12-14-22)19-27(18-16-26(31)29-27)17-15-25(30)28-24-10-6-5-9-23(24)21-7-3-2-4-8-21/h2-4,7-8,11-14,23-24H,5-6,9-10,15-19H2,1H3,(H,28,30)(H,29,31)/t23-,24+,27-/m0/s1. The Morgan fingerprint density at radius 1 is 1.09 bits per heavy atom. The summed E-state index contributed by atoms with van der Waals surface area (Å²) < 4.78 is 0. The molecule has 4 rings (SSSR count). The minimum atomic E-state index is -0.319. The summed E-state index contributed by atoms with van der Waals surface area (Å²) in [6.07, 6.45) is 9.85. The van der Waals surface area contributed by atoms with Crippen LogP contribution in [0.4, 0.5) is 0 Å². The summed E-state index contributed by atoms with van der Waals surface area (Å²) in [5.41, 5.74) is 2.22. The first-order chi connectivity index (χ1) is 15.6. The van der Waals surface area contributed by atoms with E-state index in [1.54, 1.807) is 11.8 Å². The van der Waals surface area contributed by atoms with Gasteiger partial charge in [-0.3, -0.25) is 9.59 Å². The van der Waals surface area contributed by atoms with Gasteiger partial charge in [0.15, 0.2) is 0 Å². The molecule has 2 aromatic carbocycles. The molecule has 1 saturated heterocycles. The van der Waals surface area contributed by atoms with Crippen LogP contribution in [0.3, 0.4) is 0 Å². The lowest BCUT2D eigenvalue weighted by Crippen LogP contribution is -2.46. The summed E-state index contributed by atoms with van der Waals surface area (Å²) in [4.78, 5) is 26.3. The van der Waals surface area contributed by atoms with E-state index >= 15 is 0 Å². The van der Waals surface area contributed by atoms with Crippen molar-refractivity contribution in [3.8, 4) is 0 Å². The zero-order valence-corrected chi connectivity index (χ0v) is 19.8. The molecule has 1 saturated carbocycles. The fraction of sp³-hybridized carbons (Fsp3) is 0.481. The van der Waals surface area contributed by atoms with E-state index in [9.17, 15) is 9.59 Å². The van der Waals surface area contributed by atoms with Crippen LogP contribution in [-0.4, -0.2) is 29.7 Å². The molecule has 1 heterocycles. The van der Waals surface area contributed by atoms with Gasteiger partial charge in [0.05, 0.1) is 0 Å². The van der Waals surface area contributed by atoms with E-state index in [0.717, 1.165) is 25.7 Å². The average Bonchev–Trinajstić information content (AvgIpc) is 3.19. The first-order valence-electron chi connectivity index (χ1n) is 11.9. The lowest BCUT2D eigenvalue weighted by molar-refractivity contribution is -0.123. The van der Waals surface area contributed by atoms with E-state index in [1.807, 2.05) is 6.07 Å². The van der Waals surface area contributed by atoms with Crippen molar-refractivity contribution in [3.63, 3.8) is 0 Å². The fourth-order valence-corrected chi connectivity index (χ4v) is 5.76. The number of thioether (sulfide) groups is 1. The Morgan fingerprint density at radius 3 is 2.53 bits per heavy atom. The van der Waals surface area contributed by atoms with E-state index in [2.05, 4.69) is 65.4 Å². The molecule has 5 heteroatoms. The first kappa shape index (κ1) is 22.9. The van der Waals surface area contributed by atoms with Crippen LogP contribution in [0.2, 0.25) is 0 Å². The highest BCUT2D eigenvalue weighted by Gasteiger charge is 2.38. The molecule has 1 aliphatic carbocycles. The average molecular weight is 451 g/mol. The van der Waals surface area contributed by atoms with Crippen molar-refractivity contribution in [2.45, 2.75) is 80.2 Å². The van der Waals surface area contributed by atoms with Crippen molar-refractivity contribution in [1.29, 1.82) is 0 Å². The SMILES string of the molecule is CSc1ccc(C[C@]2(CCC(=O)N[C@@H]3CCCC[C@H]3c3ccccc3)CCC(=O)N2)cc1. The Morgan fingerprint density at radius 2 is 1.84 bits per heavy atom. The maximum atomic E-state index is 13.0. The molecule has 2 N–H and O–H groups in total. The second-order valence-electron chi connectivity index (χ2n) is 9.33. The van der Waals surface area contributed by atoms with E-state index in [1.165, 1.54) is 28.9 Å². The molecule has 0 aromatic heterocycles. The number of rotatable bonds is 8. The van der Waals surface area contributed by atoms with Crippen LogP contribution in [0.1, 0.15) is 68.4 Å². The molecule has 2 aromatic rings. The van der Waals surface area contributed by atoms with Crippen molar-refractivity contribution in [1.82, 2.24) is 10.6 Å². The molecule has 2 aliphatic rings. The maximum Gasteiger partial charge on any atom is 0.220 e. The van der Waals surface area contributed by atoms with Crippen LogP contribution in [0.15, 0.2) is 59.5 Å². The summed E-state index contributed by atoms with van der Waals surface area (Å²) >= 11 is 1.73. The second-order valence-corrected chi connectivity index (χ2v) is 10.2. The third kappa shape index (κ3) is 5.74. The van der Waals surface area contributed by atoms with Gasteiger partial charge in [-0.25, -0.2) is 0 Å². The number of nitrogens with one attached hydrogen (secondary N) is 2. The molecule has 32 heavy (non-hydrogen) atoms. The minimum absolute atomic E-state index is 0.0996. The zero-order chi connectivity index (χ0) is 22.4. The lowest BCUT2D eigenvalue weighted by atomic mass is 9.79. The number of carbonyl (C=O) groups is 2. The van der Waals surface area contributed by atoms with Crippen LogP contribution in [0.25, 0.3) is 0 Å². The van der Waals surface area contributed by atoms with Gasteiger partial charge in [-0.05, 0) is 61.6 Å². The van der Waals surface area contributed by atoms with Crippen LogP contribution in [-0.2, 0) is 16.0 Å². The normalized spacial score (nSPS) is 25.3. The Labute approximate surface area is 195 Å². The quantitative estimate of drug-likeness (QED) is 0.542. The molecule has 3 atom stereocenters. The van der Waals surface area contributed by atoms with Crippen LogP contribution in [0.5, 0.6) is 0 Å². The van der Waals surface area contributed by atoms with Crippen LogP contribution >= 0.6 is 11.8 Å². The highest BCUT2D eigenvalue weighted by atomic mass is 32.2. The smallest absolute Gasteiger partial charge is 0.220 e. The summed E-state index contributed by atoms with van der Waals surface area (Å²) in [6, 6.07) is 19.3. The molecular formula is C27H34N2O2S. The first-order valence-corrected chi connectivity index (χ1v) is 13.1. The molecule has 2 amide bonds. The van der Waals surface area contributed by atoms with Gasteiger partial charge in [-0.1, -0.05) is 55.3 Å². The number of carbonyl (C=O) groups excluding carboxylic acids is 2. The van der Waals surface area contributed by atoms with Gasteiger partial charge in [0, 0.05) is 35.2 Å². The molecule has 2 fully saturated rings. The summed E-state index contributed by atoms with van der Waals surface area (Å²) in [6.45, 7) is 0. The predicted molar refractivity (Wildman–Crippen MR) is 131 cm³/mol. The Balaban J connectivity index is 1.38. The fourth-order valence-electron chi connectivity index (χ4n) is 5.35. The summed E-state index contributed by atoms with van der Waals surface area (Å²) in [7, 11) is 0. The van der Waals surface area contributed by atoms with Gasteiger partial charge in [0.2, 0.25) is 11.8 Å². The predicted octanol–water partition coefficient (Wildman–Crippen LogP) is 5.22. The Bertz CT molecular complexity index is 915. The summed E-state index contributed by atoms with van der Waals surface area (Å²) in [5, 5.41) is 6.56. The molecule has 1 aliphatic heterocycles. The zero-order valence-electron chi connectivity index (χ0n) is 18.9. The molecule has 0 spiro atoms. The van der Waals surface area contributed by atoms with Gasteiger partial charge in [0.25, 0.3) is 0 Å². The monoisotopic (exact) mass is 450 g/mol. The number of hydrogen-bond acceptors (Lipinski definition) is 3. The van der Waals surface area contributed by atoms with Gasteiger partial charge in [0.1, 0.15) is 0 Å². The largest absolute Gasteiger partial charge is 0.353 e. The number of amides is 2. The van der Waals surface area contributed by atoms with Crippen molar-refractivity contribution in [2.75, 3.05) is 6.26 Å². The molecular weight excluding hydrogens is 416 g/mol.